The van der Waals surface area contributed by atoms with Gasteiger partial charge in [0.25, 0.3) is 0 Å². The van der Waals surface area contributed by atoms with Crippen LogP contribution in [0.3, 0.4) is 0 Å². The Bertz CT molecular complexity index is 1030. The predicted molar refractivity (Wildman–Crippen MR) is 111 cm³/mol. The van der Waals surface area contributed by atoms with E-state index in [9.17, 15) is 0 Å². The molecule has 0 amide bonds. The summed E-state index contributed by atoms with van der Waals surface area (Å²) in [6.07, 6.45) is 6.84. The molecule has 1 aliphatic rings. The van der Waals surface area contributed by atoms with Crippen molar-refractivity contribution in [2.45, 2.75) is 45.3 Å². The van der Waals surface area contributed by atoms with Crippen LogP contribution < -0.4 is 10.1 Å². The first-order valence-corrected chi connectivity index (χ1v) is 9.96. The molecular weight excluding hydrogens is 362 g/mol. The van der Waals surface area contributed by atoms with E-state index in [0.29, 0.717) is 18.7 Å². The summed E-state index contributed by atoms with van der Waals surface area (Å²) < 4.78 is 5.74. The molecule has 0 radical (unpaired) electrons. The maximum absolute atomic E-state index is 9.11. The zero-order valence-corrected chi connectivity index (χ0v) is 16.4. The fourth-order valence-electron chi connectivity index (χ4n) is 3.49. The van der Waals surface area contributed by atoms with Crippen molar-refractivity contribution < 1.29 is 4.74 Å². The Morgan fingerprint density at radius 2 is 2.03 bits per heavy atom. The van der Waals surface area contributed by atoms with Gasteiger partial charge in [0.1, 0.15) is 17.6 Å². The smallest absolute Gasteiger partial charge is 0.184 e. The fraction of sp³-hybridized carbons (Fsp3) is 0.304. The first-order chi connectivity index (χ1) is 14.3. The van der Waals surface area contributed by atoms with Gasteiger partial charge in [-0.2, -0.15) is 5.26 Å². The second-order valence-electron chi connectivity index (χ2n) is 7.06. The number of aryl methyl sites for hydroxylation is 1. The van der Waals surface area contributed by atoms with Crippen molar-refractivity contribution in [3.05, 3.63) is 65.6 Å². The predicted octanol–water partition coefficient (Wildman–Crippen LogP) is 4.32. The monoisotopic (exact) mass is 385 g/mol. The zero-order chi connectivity index (χ0) is 20.1. The van der Waals surface area contributed by atoms with Crippen molar-refractivity contribution in [1.29, 1.82) is 5.26 Å². The Morgan fingerprint density at radius 1 is 1.17 bits per heavy atom. The van der Waals surface area contributed by atoms with Crippen LogP contribution >= 0.6 is 0 Å². The van der Waals surface area contributed by atoms with Gasteiger partial charge in [0.05, 0.1) is 0 Å². The van der Waals surface area contributed by atoms with E-state index in [1.807, 2.05) is 43.3 Å². The van der Waals surface area contributed by atoms with Crippen LogP contribution in [-0.2, 0) is 19.4 Å². The van der Waals surface area contributed by atoms with Gasteiger partial charge in [0.2, 0.25) is 0 Å². The highest BCUT2D eigenvalue weighted by Gasteiger charge is 2.20. The molecule has 0 spiro atoms. The van der Waals surface area contributed by atoms with Gasteiger partial charge in [-0.05, 0) is 55.5 Å². The van der Waals surface area contributed by atoms with E-state index >= 15 is 0 Å². The minimum Gasteiger partial charge on any atom is -0.476 e. The maximum Gasteiger partial charge on any atom is 0.184 e. The quantitative estimate of drug-likeness (QED) is 0.652. The number of nitrogens with one attached hydrogen (secondary N) is 1. The Morgan fingerprint density at radius 3 is 2.83 bits per heavy atom. The molecule has 1 aromatic carbocycles. The average molecular weight is 385 g/mol. The number of nitriles is 1. The summed E-state index contributed by atoms with van der Waals surface area (Å²) in [6.45, 7) is 2.56. The second-order valence-corrected chi connectivity index (χ2v) is 7.06. The first kappa shape index (κ1) is 18.9. The third kappa shape index (κ3) is 4.35. The van der Waals surface area contributed by atoms with E-state index in [4.69, 9.17) is 20.0 Å². The van der Waals surface area contributed by atoms with Crippen LogP contribution in [0.5, 0.6) is 5.75 Å². The normalized spacial score (nSPS) is 13.4. The van der Waals surface area contributed by atoms with Gasteiger partial charge >= 0.3 is 0 Å². The lowest BCUT2D eigenvalue weighted by Gasteiger charge is -2.14. The van der Waals surface area contributed by atoms with Crippen LogP contribution in [0.1, 0.15) is 36.6 Å². The molecule has 2 aromatic heterocycles. The molecule has 3 aromatic rings. The number of benzene rings is 1. The number of hydrogen-bond donors (Lipinski definition) is 1. The third-order valence-electron chi connectivity index (χ3n) is 5.02. The summed E-state index contributed by atoms with van der Waals surface area (Å²) >= 11 is 0. The SMILES string of the molecule is CCC(C#N)Oc1cccc(CNc2nc(-c3ccncc3)nc3c2CCC3)c1. The molecule has 6 nitrogen and oxygen atoms in total. The highest BCUT2D eigenvalue weighted by Crippen LogP contribution is 2.29. The van der Waals surface area contributed by atoms with Crippen LogP contribution in [0.15, 0.2) is 48.8 Å². The van der Waals surface area contributed by atoms with E-state index < -0.39 is 6.10 Å². The largest absolute Gasteiger partial charge is 0.476 e. The van der Waals surface area contributed by atoms with Crippen molar-refractivity contribution in [3.8, 4) is 23.2 Å². The molecule has 1 aliphatic carbocycles. The van der Waals surface area contributed by atoms with E-state index in [-0.39, 0.29) is 0 Å². The Labute approximate surface area is 170 Å². The van der Waals surface area contributed by atoms with Crippen LogP contribution in [0.25, 0.3) is 11.4 Å². The number of pyridine rings is 1. The van der Waals surface area contributed by atoms with Gasteiger partial charge in [0, 0.05) is 35.8 Å². The molecule has 146 valence electrons. The highest BCUT2D eigenvalue weighted by atomic mass is 16.5. The van der Waals surface area contributed by atoms with Gasteiger partial charge in [-0.1, -0.05) is 19.1 Å². The topological polar surface area (TPSA) is 83.7 Å². The number of aromatic nitrogens is 3. The molecule has 1 unspecified atom stereocenters. The average Bonchev–Trinajstić information content (AvgIpc) is 3.25. The van der Waals surface area contributed by atoms with Crippen molar-refractivity contribution >= 4 is 5.82 Å². The maximum atomic E-state index is 9.11. The lowest BCUT2D eigenvalue weighted by molar-refractivity contribution is 0.251. The standard InChI is InChI=1S/C23H23N5O/c1-2-18(14-24)29-19-6-3-5-16(13-19)15-26-23-20-7-4-8-21(20)27-22(28-23)17-9-11-25-12-10-17/h3,5-6,9-13,18H,2,4,7-8,15H2,1H3,(H,26,27,28). The molecule has 2 heterocycles. The van der Waals surface area contributed by atoms with Crippen molar-refractivity contribution in [1.82, 2.24) is 15.0 Å². The zero-order valence-electron chi connectivity index (χ0n) is 16.4. The van der Waals surface area contributed by atoms with Crippen LogP contribution in [-0.4, -0.2) is 21.1 Å². The summed E-state index contributed by atoms with van der Waals surface area (Å²) in [7, 11) is 0. The van der Waals surface area contributed by atoms with Crippen LogP contribution in [0.2, 0.25) is 0 Å². The number of ether oxygens (including phenoxy) is 1. The first-order valence-electron chi connectivity index (χ1n) is 9.96. The fourth-order valence-corrected chi connectivity index (χ4v) is 3.49. The molecule has 0 saturated heterocycles. The molecule has 1 atom stereocenters. The molecule has 0 bridgehead atoms. The Kier molecular flexibility index (Phi) is 5.66. The Balaban J connectivity index is 1.55. The molecular formula is C23H23N5O. The lowest BCUT2D eigenvalue weighted by Crippen LogP contribution is -2.12. The summed E-state index contributed by atoms with van der Waals surface area (Å²) in [5, 5.41) is 12.6. The van der Waals surface area contributed by atoms with Crippen molar-refractivity contribution in [2.75, 3.05) is 5.32 Å². The molecule has 6 heteroatoms. The molecule has 0 aliphatic heterocycles. The lowest BCUT2D eigenvalue weighted by atomic mass is 10.2. The van der Waals surface area contributed by atoms with Crippen LogP contribution in [0.4, 0.5) is 5.82 Å². The molecule has 29 heavy (non-hydrogen) atoms. The number of nitrogens with zero attached hydrogens (tertiary/aromatic N) is 4. The van der Waals surface area contributed by atoms with E-state index in [0.717, 1.165) is 47.7 Å². The van der Waals surface area contributed by atoms with Gasteiger partial charge < -0.3 is 10.1 Å². The summed E-state index contributed by atoms with van der Waals surface area (Å²) in [4.78, 5) is 13.7. The van der Waals surface area contributed by atoms with E-state index in [2.05, 4.69) is 16.4 Å². The molecule has 4 rings (SSSR count). The minimum absolute atomic E-state index is 0.425. The van der Waals surface area contributed by atoms with Crippen LogP contribution in [0, 0.1) is 11.3 Å². The highest BCUT2D eigenvalue weighted by molar-refractivity contribution is 5.60. The van der Waals surface area contributed by atoms with Crippen molar-refractivity contribution in [3.63, 3.8) is 0 Å². The van der Waals surface area contributed by atoms with E-state index in [1.54, 1.807) is 12.4 Å². The minimum atomic E-state index is -0.425. The molecule has 0 fully saturated rings. The second kappa shape index (κ2) is 8.70. The van der Waals surface area contributed by atoms with Crippen molar-refractivity contribution in [2.24, 2.45) is 0 Å². The van der Waals surface area contributed by atoms with Gasteiger partial charge in [-0.25, -0.2) is 9.97 Å². The number of hydrogen-bond acceptors (Lipinski definition) is 6. The summed E-state index contributed by atoms with van der Waals surface area (Å²) in [5.74, 6) is 2.34. The van der Waals surface area contributed by atoms with Gasteiger partial charge in [-0.15, -0.1) is 0 Å². The number of fused-ring (bicyclic) bond motifs is 1. The number of anilines is 1. The summed E-state index contributed by atoms with van der Waals surface area (Å²) in [6, 6.07) is 13.9. The third-order valence-corrected chi connectivity index (χ3v) is 5.02. The summed E-state index contributed by atoms with van der Waals surface area (Å²) in [5.41, 5.74) is 4.39. The number of rotatable bonds is 7. The Hall–Kier alpha value is -3.46. The van der Waals surface area contributed by atoms with Gasteiger partial charge in [0.15, 0.2) is 11.9 Å². The van der Waals surface area contributed by atoms with E-state index in [1.165, 1.54) is 5.56 Å². The van der Waals surface area contributed by atoms with Gasteiger partial charge in [-0.3, -0.25) is 4.98 Å². The molecule has 1 N–H and O–H groups in total. The molecule has 0 saturated carbocycles.